The summed E-state index contributed by atoms with van der Waals surface area (Å²) in [6.45, 7) is 1.29. The van der Waals surface area contributed by atoms with Gasteiger partial charge in [-0.2, -0.15) is 4.52 Å². The third kappa shape index (κ3) is 1.57. The SMILES string of the molecule is NCCNc1ccc2nncn2n1. The average molecular weight is 178 g/mol. The van der Waals surface area contributed by atoms with Crippen LogP contribution < -0.4 is 11.1 Å². The molecule has 13 heavy (non-hydrogen) atoms. The molecule has 0 aliphatic heterocycles. The molecule has 0 fully saturated rings. The van der Waals surface area contributed by atoms with Crippen molar-refractivity contribution in [1.82, 2.24) is 19.8 Å². The van der Waals surface area contributed by atoms with Crippen LogP contribution in [0.2, 0.25) is 0 Å². The summed E-state index contributed by atoms with van der Waals surface area (Å²) in [7, 11) is 0. The molecule has 0 aliphatic rings. The topological polar surface area (TPSA) is 81.1 Å². The second-order valence-corrected chi connectivity index (χ2v) is 2.57. The summed E-state index contributed by atoms with van der Waals surface area (Å²) in [6, 6.07) is 3.69. The maximum atomic E-state index is 5.35. The third-order valence-electron chi connectivity index (χ3n) is 1.61. The molecule has 0 bridgehead atoms. The number of anilines is 1. The first kappa shape index (κ1) is 7.93. The molecule has 0 saturated heterocycles. The van der Waals surface area contributed by atoms with E-state index in [1.807, 2.05) is 12.1 Å². The smallest absolute Gasteiger partial charge is 0.177 e. The van der Waals surface area contributed by atoms with Crippen LogP contribution in [0.4, 0.5) is 5.82 Å². The van der Waals surface area contributed by atoms with E-state index in [1.54, 1.807) is 10.8 Å². The van der Waals surface area contributed by atoms with Gasteiger partial charge in [-0.15, -0.1) is 15.3 Å². The van der Waals surface area contributed by atoms with Gasteiger partial charge in [0.05, 0.1) is 0 Å². The average Bonchev–Trinajstić information content (AvgIpc) is 2.61. The van der Waals surface area contributed by atoms with Crippen LogP contribution >= 0.6 is 0 Å². The molecule has 2 aromatic heterocycles. The molecule has 2 heterocycles. The highest BCUT2D eigenvalue weighted by atomic mass is 15.4. The van der Waals surface area contributed by atoms with E-state index in [9.17, 15) is 0 Å². The first-order valence-electron chi connectivity index (χ1n) is 4.01. The fourth-order valence-corrected chi connectivity index (χ4v) is 1.02. The summed E-state index contributed by atoms with van der Waals surface area (Å²) >= 11 is 0. The lowest BCUT2D eigenvalue weighted by Crippen LogP contribution is -2.14. The summed E-state index contributed by atoms with van der Waals surface area (Å²) in [5.74, 6) is 0.776. The molecule has 6 heteroatoms. The lowest BCUT2D eigenvalue weighted by molar-refractivity contribution is 0.910. The van der Waals surface area contributed by atoms with Gasteiger partial charge < -0.3 is 11.1 Å². The molecule has 0 atom stereocenters. The van der Waals surface area contributed by atoms with Crippen LogP contribution in [0.5, 0.6) is 0 Å². The molecule has 2 rings (SSSR count). The van der Waals surface area contributed by atoms with E-state index in [-0.39, 0.29) is 0 Å². The zero-order valence-corrected chi connectivity index (χ0v) is 7.01. The highest BCUT2D eigenvalue weighted by Gasteiger charge is 1.97. The highest BCUT2D eigenvalue weighted by molar-refractivity contribution is 5.42. The molecule has 68 valence electrons. The Balaban J connectivity index is 2.26. The molecule has 0 spiro atoms. The fraction of sp³-hybridized carbons (Fsp3) is 0.286. The Morgan fingerprint density at radius 2 is 2.38 bits per heavy atom. The second-order valence-electron chi connectivity index (χ2n) is 2.57. The van der Waals surface area contributed by atoms with Crippen molar-refractivity contribution in [2.75, 3.05) is 18.4 Å². The molecule has 2 aromatic rings. The molecular formula is C7H10N6. The summed E-state index contributed by atoms with van der Waals surface area (Å²) in [4.78, 5) is 0. The molecule has 0 aliphatic carbocycles. The van der Waals surface area contributed by atoms with Crippen LogP contribution in [0.3, 0.4) is 0 Å². The lowest BCUT2D eigenvalue weighted by Gasteiger charge is -2.02. The van der Waals surface area contributed by atoms with E-state index in [1.165, 1.54) is 0 Å². The number of rotatable bonds is 3. The van der Waals surface area contributed by atoms with E-state index in [2.05, 4.69) is 20.6 Å². The summed E-state index contributed by atoms with van der Waals surface area (Å²) in [6.07, 6.45) is 1.56. The Bertz CT molecular complexity index is 395. The Morgan fingerprint density at radius 3 is 3.23 bits per heavy atom. The number of fused-ring (bicyclic) bond motifs is 1. The summed E-state index contributed by atoms with van der Waals surface area (Å²) in [5.41, 5.74) is 6.08. The van der Waals surface area contributed by atoms with Gasteiger partial charge in [0.2, 0.25) is 0 Å². The van der Waals surface area contributed by atoms with Crippen molar-refractivity contribution in [2.24, 2.45) is 5.73 Å². The van der Waals surface area contributed by atoms with Crippen molar-refractivity contribution in [3.63, 3.8) is 0 Å². The van der Waals surface area contributed by atoms with Gasteiger partial charge in [0, 0.05) is 13.1 Å². The minimum absolute atomic E-state index is 0.585. The second kappa shape index (κ2) is 3.36. The number of aromatic nitrogens is 4. The number of hydrogen-bond acceptors (Lipinski definition) is 5. The standard InChI is InChI=1S/C7H10N6/c8-3-4-9-6-1-2-7-11-10-5-13(7)12-6/h1-2,5H,3-4,8H2,(H,9,12). The van der Waals surface area contributed by atoms with Gasteiger partial charge in [-0.05, 0) is 12.1 Å². The number of hydrogen-bond donors (Lipinski definition) is 2. The third-order valence-corrected chi connectivity index (χ3v) is 1.61. The predicted octanol–water partition coefficient (Wildman–Crippen LogP) is -0.505. The number of nitrogens with two attached hydrogens (primary N) is 1. The first-order chi connectivity index (χ1) is 6.40. The molecule has 3 N–H and O–H groups in total. The van der Waals surface area contributed by atoms with E-state index in [0.717, 1.165) is 11.5 Å². The quantitative estimate of drug-likeness (QED) is 0.662. The van der Waals surface area contributed by atoms with Crippen LogP contribution in [0, 0.1) is 0 Å². The maximum absolute atomic E-state index is 5.35. The van der Waals surface area contributed by atoms with Crippen LogP contribution in [-0.4, -0.2) is 32.9 Å². The van der Waals surface area contributed by atoms with Crippen molar-refractivity contribution in [3.8, 4) is 0 Å². The van der Waals surface area contributed by atoms with Crippen molar-refractivity contribution in [2.45, 2.75) is 0 Å². The van der Waals surface area contributed by atoms with Crippen molar-refractivity contribution in [1.29, 1.82) is 0 Å². The van der Waals surface area contributed by atoms with Crippen LogP contribution in [0.1, 0.15) is 0 Å². The van der Waals surface area contributed by atoms with E-state index < -0.39 is 0 Å². The predicted molar refractivity (Wildman–Crippen MR) is 48.3 cm³/mol. The van der Waals surface area contributed by atoms with Gasteiger partial charge >= 0.3 is 0 Å². The van der Waals surface area contributed by atoms with Crippen LogP contribution in [0.25, 0.3) is 5.65 Å². The van der Waals surface area contributed by atoms with Gasteiger partial charge in [0.15, 0.2) is 5.65 Å². The molecule has 6 nitrogen and oxygen atoms in total. The Morgan fingerprint density at radius 1 is 1.46 bits per heavy atom. The maximum Gasteiger partial charge on any atom is 0.177 e. The van der Waals surface area contributed by atoms with Crippen LogP contribution in [-0.2, 0) is 0 Å². The van der Waals surface area contributed by atoms with Gasteiger partial charge in [-0.25, -0.2) is 0 Å². The van der Waals surface area contributed by atoms with Gasteiger partial charge in [0.1, 0.15) is 12.1 Å². The zero-order valence-electron chi connectivity index (χ0n) is 7.01. The van der Waals surface area contributed by atoms with E-state index in [0.29, 0.717) is 13.1 Å². The molecule has 0 amide bonds. The normalized spacial score (nSPS) is 10.5. The Kier molecular flexibility index (Phi) is 2.05. The first-order valence-corrected chi connectivity index (χ1v) is 4.01. The molecule has 0 radical (unpaired) electrons. The molecule has 0 unspecified atom stereocenters. The molecule has 0 aromatic carbocycles. The van der Waals surface area contributed by atoms with Gasteiger partial charge in [-0.3, -0.25) is 0 Å². The minimum Gasteiger partial charge on any atom is -0.367 e. The van der Waals surface area contributed by atoms with Crippen molar-refractivity contribution in [3.05, 3.63) is 18.5 Å². The fourth-order valence-electron chi connectivity index (χ4n) is 1.02. The van der Waals surface area contributed by atoms with Crippen LogP contribution in [0.15, 0.2) is 18.5 Å². The van der Waals surface area contributed by atoms with Gasteiger partial charge in [0.25, 0.3) is 0 Å². The number of nitrogens with one attached hydrogen (secondary N) is 1. The molecule has 0 saturated carbocycles. The van der Waals surface area contributed by atoms with Crippen molar-refractivity contribution >= 4 is 11.5 Å². The largest absolute Gasteiger partial charge is 0.367 e. The van der Waals surface area contributed by atoms with E-state index in [4.69, 9.17) is 5.73 Å². The van der Waals surface area contributed by atoms with Crippen molar-refractivity contribution < 1.29 is 0 Å². The molecular weight excluding hydrogens is 168 g/mol. The lowest BCUT2D eigenvalue weighted by atomic mass is 10.5. The van der Waals surface area contributed by atoms with Gasteiger partial charge in [-0.1, -0.05) is 0 Å². The van der Waals surface area contributed by atoms with E-state index >= 15 is 0 Å². The zero-order chi connectivity index (χ0) is 9.10. The minimum atomic E-state index is 0.585. The Labute approximate surface area is 74.8 Å². The summed E-state index contributed by atoms with van der Waals surface area (Å²) in [5, 5.41) is 14.8. The highest BCUT2D eigenvalue weighted by Crippen LogP contribution is 2.02. The monoisotopic (exact) mass is 178 g/mol. The Hall–Kier alpha value is -1.69. The summed E-state index contributed by atoms with van der Waals surface area (Å²) < 4.78 is 1.61. The number of nitrogens with zero attached hydrogens (tertiary/aromatic N) is 4.